The Labute approximate surface area is 158 Å². The maximum absolute atomic E-state index is 11.7. The van der Waals surface area contributed by atoms with Gasteiger partial charge < -0.3 is 15.2 Å². The number of anilines is 1. The Morgan fingerprint density at radius 2 is 1.74 bits per heavy atom. The third kappa shape index (κ3) is 5.28. The van der Waals surface area contributed by atoms with Gasteiger partial charge in [0.25, 0.3) is 5.89 Å². The van der Waals surface area contributed by atoms with E-state index in [1.54, 1.807) is 18.2 Å². The number of carbonyl (C=O) groups is 1. The SMILES string of the molecule is Cc1ccc(/C=C/c2nc(-c3ccc(NC(=O)NC(C)C)cc3)no2)cc1. The molecule has 3 rings (SSSR count). The molecule has 0 radical (unpaired) electrons. The van der Waals surface area contributed by atoms with Crippen molar-refractivity contribution in [3.63, 3.8) is 0 Å². The van der Waals surface area contributed by atoms with Gasteiger partial charge in [0.1, 0.15) is 0 Å². The number of hydrogen-bond donors (Lipinski definition) is 2. The van der Waals surface area contributed by atoms with Crippen molar-refractivity contribution in [2.75, 3.05) is 5.32 Å². The lowest BCUT2D eigenvalue weighted by molar-refractivity contribution is 0.250. The molecule has 0 atom stereocenters. The molecule has 3 aromatic rings. The molecular formula is C21H22N4O2. The van der Waals surface area contributed by atoms with Crippen LogP contribution in [0.1, 0.15) is 30.9 Å². The highest BCUT2D eigenvalue weighted by molar-refractivity contribution is 5.89. The van der Waals surface area contributed by atoms with E-state index in [0.717, 1.165) is 11.1 Å². The quantitative estimate of drug-likeness (QED) is 0.687. The highest BCUT2D eigenvalue weighted by Gasteiger charge is 2.08. The van der Waals surface area contributed by atoms with Gasteiger partial charge in [-0.3, -0.25) is 0 Å². The van der Waals surface area contributed by atoms with Crippen LogP contribution in [-0.2, 0) is 0 Å². The monoisotopic (exact) mass is 362 g/mol. The van der Waals surface area contributed by atoms with E-state index < -0.39 is 0 Å². The lowest BCUT2D eigenvalue weighted by Gasteiger charge is -2.10. The largest absolute Gasteiger partial charge is 0.336 e. The van der Waals surface area contributed by atoms with Gasteiger partial charge in [-0.15, -0.1) is 0 Å². The lowest BCUT2D eigenvalue weighted by atomic mass is 10.1. The second-order valence-corrected chi connectivity index (χ2v) is 6.53. The van der Waals surface area contributed by atoms with Gasteiger partial charge in [-0.2, -0.15) is 4.98 Å². The molecular weight excluding hydrogens is 340 g/mol. The first-order valence-electron chi connectivity index (χ1n) is 8.76. The Hall–Kier alpha value is -3.41. The number of amides is 2. The smallest absolute Gasteiger partial charge is 0.319 e. The molecule has 0 unspecified atom stereocenters. The maximum atomic E-state index is 11.7. The number of aromatic nitrogens is 2. The summed E-state index contributed by atoms with van der Waals surface area (Å²) in [4.78, 5) is 16.1. The summed E-state index contributed by atoms with van der Waals surface area (Å²) in [7, 11) is 0. The molecule has 1 aromatic heterocycles. The molecule has 6 heteroatoms. The van der Waals surface area contributed by atoms with Crippen LogP contribution >= 0.6 is 0 Å². The van der Waals surface area contributed by atoms with Gasteiger partial charge >= 0.3 is 6.03 Å². The van der Waals surface area contributed by atoms with E-state index in [-0.39, 0.29) is 12.1 Å². The molecule has 2 amide bonds. The Morgan fingerprint density at radius 3 is 2.41 bits per heavy atom. The van der Waals surface area contributed by atoms with Gasteiger partial charge in [0, 0.05) is 23.4 Å². The summed E-state index contributed by atoms with van der Waals surface area (Å²) in [6.45, 7) is 5.86. The molecule has 6 nitrogen and oxygen atoms in total. The molecule has 0 aliphatic heterocycles. The molecule has 0 fully saturated rings. The maximum Gasteiger partial charge on any atom is 0.319 e. The number of nitrogens with zero attached hydrogens (tertiary/aromatic N) is 2. The number of rotatable bonds is 5. The molecule has 0 spiro atoms. The van der Waals surface area contributed by atoms with Crippen molar-refractivity contribution in [1.82, 2.24) is 15.5 Å². The Balaban J connectivity index is 1.65. The van der Waals surface area contributed by atoms with Gasteiger partial charge in [0.05, 0.1) is 0 Å². The summed E-state index contributed by atoms with van der Waals surface area (Å²) in [5.74, 6) is 0.931. The van der Waals surface area contributed by atoms with Crippen molar-refractivity contribution < 1.29 is 9.32 Å². The topological polar surface area (TPSA) is 80.0 Å². The standard InChI is InChI=1S/C21H22N4O2/c1-14(2)22-21(26)23-18-11-9-17(10-12-18)20-24-19(27-25-20)13-8-16-6-4-15(3)5-7-16/h4-14H,1-3H3,(H2,22,23,26)/b13-8+. The van der Waals surface area contributed by atoms with Crippen molar-refractivity contribution in [3.05, 3.63) is 65.5 Å². The zero-order valence-corrected chi connectivity index (χ0v) is 15.6. The normalized spacial score (nSPS) is 11.1. The third-order valence-electron chi connectivity index (χ3n) is 3.76. The minimum Gasteiger partial charge on any atom is -0.336 e. The zero-order chi connectivity index (χ0) is 19.2. The predicted molar refractivity (Wildman–Crippen MR) is 107 cm³/mol. The first-order valence-corrected chi connectivity index (χ1v) is 8.76. The first-order chi connectivity index (χ1) is 13.0. The molecule has 0 bridgehead atoms. The van der Waals surface area contributed by atoms with Crippen molar-refractivity contribution in [3.8, 4) is 11.4 Å². The van der Waals surface area contributed by atoms with Crippen molar-refractivity contribution >= 4 is 23.9 Å². The predicted octanol–water partition coefficient (Wildman–Crippen LogP) is 4.75. The molecule has 2 aromatic carbocycles. The second kappa shape index (κ2) is 8.31. The Bertz CT molecular complexity index is 926. The van der Waals surface area contributed by atoms with Crippen LogP contribution in [-0.4, -0.2) is 22.2 Å². The van der Waals surface area contributed by atoms with Gasteiger partial charge in [0.2, 0.25) is 5.82 Å². The summed E-state index contributed by atoms with van der Waals surface area (Å²) in [6, 6.07) is 15.3. The van der Waals surface area contributed by atoms with Crippen LogP contribution in [0.25, 0.3) is 23.5 Å². The van der Waals surface area contributed by atoms with Crippen molar-refractivity contribution in [2.24, 2.45) is 0 Å². The minimum absolute atomic E-state index is 0.0787. The van der Waals surface area contributed by atoms with Crippen LogP contribution < -0.4 is 10.6 Å². The van der Waals surface area contributed by atoms with E-state index in [0.29, 0.717) is 17.4 Å². The van der Waals surface area contributed by atoms with Gasteiger partial charge in [-0.05, 0) is 56.7 Å². The van der Waals surface area contributed by atoms with Gasteiger partial charge in [0.15, 0.2) is 0 Å². The fraction of sp³-hybridized carbons (Fsp3) is 0.190. The molecule has 0 saturated heterocycles. The van der Waals surface area contributed by atoms with Crippen LogP contribution in [0.4, 0.5) is 10.5 Å². The number of hydrogen-bond acceptors (Lipinski definition) is 4. The molecule has 0 aliphatic rings. The Kier molecular flexibility index (Phi) is 5.66. The summed E-state index contributed by atoms with van der Waals surface area (Å²) < 4.78 is 5.28. The minimum atomic E-state index is -0.235. The van der Waals surface area contributed by atoms with Crippen LogP contribution in [0.15, 0.2) is 53.1 Å². The molecule has 0 saturated carbocycles. The zero-order valence-electron chi connectivity index (χ0n) is 15.6. The van der Waals surface area contributed by atoms with Crippen LogP contribution in [0, 0.1) is 6.92 Å². The average molecular weight is 362 g/mol. The van der Waals surface area contributed by atoms with E-state index >= 15 is 0 Å². The Morgan fingerprint density at radius 1 is 1.04 bits per heavy atom. The van der Waals surface area contributed by atoms with E-state index in [4.69, 9.17) is 4.52 Å². The third-order valence-corrected chi connectivity index (χ3v) is 3.76. The first kappa shape index (κ1) is 18.4. The van der Waals surface area contributed by atoms with E-state index in [1.165, 1.54) is 5.56 Å². The summed E-state index contributed by atoms with van der Waals surface area (Å²) >= 11 is 0. The summed E-state index contributed by atoms with van der Waals surface area (Å²) in [5.41, 5.74) is 3.78. The fourth-order valence-corrected chi connectivity index (χ4v) is 2.40. The molecule has 138 valence electrons. The number of nitrogens with one attached hydrogen (secondary N) is 2. The highest BCUT2D eigenvalue weighted by atomic mass is 16.5. The van der Waals surface area contributed by atoms with E-state index in [1.807, 2.05) is 44.2 Å². The fourth-order valence-electron chi connectivity index (χ4n) is 2.40. The van der Waals surface area contributed by atoms with Crippen molar-refractivity contribution in [1.29, 1.82) is 0 Å². The highest BCUT2D eigenvalue weighted by Crippen LogP contribution is 2.19. The number of benzene rings is 2. The van der Waals surface area contributed by atoms with Gasteiger partial charge in [-0.25, -0.2) is 4.79 Å². The molecule has 27 heavy (non-hydrogen) atoms. The number of carbonyl (C=O) groups excluding carboxylic acids is 1. The second-order valence-electron chi connectivity index (χ2n) is 6.53. The number of aryl methyl sites for hydroxylation is 1. The van der Waals surface area contributed by atoms with Gasteiger partial charge in [-0.1, -0.05) is 35.0 Å². The van der Waals surface area contributed by atoms with Crippen LogP contribution in [0.3, 0.4) is 0 Å². The van der Waals surface area contributed by atoms with E-state index in [9.17, 15) is 4.79 Å². The molecule has 2 N–H and O–H groups in total. The lowest BCUT2D eigenvalue weighted by Crippen LogP contribution is -2.34. The van der Waals surface area contributed by atoms with E-state index in [2.05, 4.69) is 39.8 Å². The average Bonchev–Trinajstić information content (AvgIpc) is 3.10. The molecule has 0 aliphatic carbocycles. The summed E-state index contributed by atoms with van der Waals surface area (Å²) in [6.07, 6.45) is 3.71. The number of urea groups is 1. The van der Waals surface area contributed by atoms with Crippen molar-refractivity contribution in [2.45, 2.75) is 26.8 Å². The molecule has 1 heterocycles. The summed E-state index contributed by atoms with van der Waals surface area (Å²) in [5, 5.41) is 9.55. The van der Waals surface area contributed by atoms with Crippen LogP contribution in [0.2, 0.25) is 0 Å². The van der Waals surface area contributed by atoms with Crippen LogP contribution in [0.5, 0.6) is 0 Å².